The molecule has 0 bridgehead atoms. The van der Waals surface area contributed by atoms with Gasteiger partial charge in [-0.25, -0.2) is 9.78 Å². The second kappa shape index (κ2) is 3.63. The Morgan fingerprint density at radius 3 is 2.78 bits per heavy atom. The van der Waals surface area contributed by atoms with Gasteiger partial charge in [-0.3, -0.25) is 0 Å². The van der Waals surface area contributed by atoms with Crippen molar-refractivity contribution in [3.8, 4) is 11.5 Å². The summed E-state index contributed by atoms with van der Waals surface area (Å²) in [5.74, 6) is 1.04. The molecule has 18 heavy (non-hydrogen) atoms. The van der Waals surface area contributed by atoms with Gasteiger partial charge in [0.2, 0.25) is 6.79 Å². The van der Waals surface area contributed by atoms with Crippen molar-refractivity contribution in [3.05, 3.63) is 18.0 Å². The molecule has 0 saturated carbocycles. The maximum Gasteiger partial charge on any atom is 0.326 e. The molecule has 6 heteroatoms. The predicted molar refractivity (Wildman–Crippen MR) is 62.9 cm³/mol. The molecule has 1 aromatic carbocycles. The molecule has 0 radical (unpaired) electrons. The first kappa shape index (κ1) is 10.9. The Hall–Kier alpha value is -2.24. The summed E-state index contributed by atoms with van der Waals surface area (Å²) in [6.45, 7) is 3.60. The van der Waals surface area contributed by atoms with E-state index in [4.69, 9.17) is 14.6 Å². The van der Waals surface area contributed by atoms with Crippen LogP contribution in [0, 0.1) is 6.92 Å². The van der Waals surface area contributed by atoms with Crippen molar-refractivity contribution in [1.29, 1.82) is 0 Å². The van der Waals surface area contributed by atoms with E-state index in [9.17, 15) is 4.79 Å². The van der Waals surface area contributed by atoms with Gasteiger partial charge < -0.3 is 19.1 Å². The van der Waals surface area contributed by atoms with E-state index in [1.54, 1.807) is 30.5 Å². The number of carboxylic acids is 1. The third-order valence-electron chi connectivity index (χ3n) is 3.10. The van der Waals surface area contributed by atoms with Gasteiger partial charge in [-0.05, 0) is 13.8 Å². The summed E-state index contributed by atoms with van der Waals surface area (Å²) >= 11 is 0. The van der Waals surface area contributed by atoms with Gasteiger partial charge in [0.05, 0.1) is 11.0 Å². The molecule has 1 atom stereocenters. The minimum Gasteiger partial charge on any atom is -0.480 e. The van der Waals surface area contributed by atoms with Gasteiger partial charge >= 0.3 is 5.97 Å². The molecule has 6 nitrogen and oxygen atoms in total. The van der Waals surface area contributed by atoms with Crippen LogP contribution < -0.4 is 9.47 Å². The molecule has 2 heterocycles. The van der Waals surface area contributed by atoms with Crippen LogP contribution in [0.4, 0.5) is 0 Å². The van der Waals surface area contributed by atoms with Gasteiger partial charge in [-0.15, -0.1) is 0 Å². The first-order chi connectivity index (χ1) is 8.58. The fourth-order valence-corrected chi connectivity index (χ4v) is 2.20. The third-order valence-corrected chi connectivity index (χ3v) is 3.10. The number of imidazole rings is 1. The van der Waals surface area contributed by atoms with Crippen molar-refractivity contribution in [3.63, 3.8) is 0 Å². The summed E-state index contributed by atoms with van der Waals surface area (Å²) in [5.41, 5.74) is 1.46. The molecule has 0 fully saturated rings. The zero-order valence-electron chi connectivity index (χ0n) is 10.0. The second-order valence-corrected chi connectivity index (χ2v) is 4.24. The van der Waals surface area contributed by atoms with Gasteiger partial charge in [-0.1, -0.05) is 0 Å². The number of benzene rings is 1. The highest BCUT2D eigenvalue weighted by Gasteiger charge is 2.22. The lowest BCUT2D eigenvalue weighted by Crippen LogP contribution is -2.16. The SMILES string of the molecule is Cc1nc2cc3c(cc2n1C(C)C(=O)O)OCO3. The van der Waals surface area contributed by atoms with E-state index in [0.717, 1.165) is 5.52 Å². The average Bonchev–Trinajstić information content (AvgIpc) is 2.87. The minimum absolute atomic E-state index is 0.190. The third kappa shape index (κ3) is 1.42. The van der Waals surface area contributed by atoms with Crippen molar-refractivity contribution in [2.75, 3.05) is 6.79 Å². The number of carboxylic acid groups (broad SMARTS) is 1. The molecular weight excluding hydrogens is 236 g/mol. The number of carbonyl (C=O) groups is 1. The van der Waals surface area contributed by atoms with E-state index in [-0.39, 0.29) is 6.79 Å². The molecule has 94 valence electrons. The zero-order chi connectivity index (χ0) is 12.9. The molecule has 0 aliphatic carbocycles. The van der Waals surface area contributed by atoms with Crippen molar-refractivity contribution in [2.45, 2.75) is 19.9 Å². The summed E-state index contributed by atoms with van der Waals surface area (Å²) in [5, 5.41) is 9.13. The fraction of sp³-hybridized carbons (Fsp3) is 0.333. The lowest BCUT2D eigenvalue weighted by atomic mass is 10.2. The minimum atomic E-state index is -0.893. The number of aromatic nitrogens is 2. The van der Waals surface area contributed by atoms with Crippen LogP contribution in [0.15, 0.2) is 12.1 Å². The molecule has 3 rings (SSSR count). The summed E-state index contributed by atoms with van der Waals surface area (Å²) in [6.07, 6.45) is 0. The van der Waals surface area contributed by atoms with Crippen molar-refractivity contribution in [2.24, 2.45) is 0 Å². The highest BCUT2D eigenvalue weighted by molar-refractivity contribution is 5.83. The standard InChI is InChI=1S/C12H12N2O4/c1-6(12(15)16)14-7(2)13-8-3-10-11(4-9(8)14)18-5-17-10/h3-4,6H,5H2,1-2H3,(H,15,16). The smallest absolute Gasteiger partial charge is 0.326 e. The first-order valence-electron chi connectivity index (χ1n) is 5.59. The van der Waals surface area contributed by atoms with E-state index >= 15 is 0 Å². The summed E-state index contributed by atoms with van der Waals surface area (Å²) < 4.78 is 12.3. The van der Waals surface area contributed by atoms with Gasteiger partial charge in [0, 0.05) is 12.1 Å². The van der Waals surface area contributed by atoms with Crippen LogP contribution in [-0.4, -0.2) is 27.4 Å². The second-order valence-electron chi connectivity index (χ2n) is 4.24. The van der Waals surface area contributed by atoms with Crippen molar-refractivity contribution in [1.82, 2.24) is 9.55 Å². The van der Waals surface area contributed by atoms with Gasteiger partial charge in [-0.2, -0.15) is 0 Å². The Bertz CT molecular complexity index is 647. The van der Waals surface area contributed by atoms with Crippen LogP contribution >= 0.6 is 0 Å². The van der Waals surface area contributed by atoms with Crippen molar-refractivity contribution < 1.29 is 19.4 Å². The Labute approximate surface area is 103 Å². The molecule has 1 aromatic heterocycles. The largest absolute Gasteiger partial charge is 0.480 e. The summed E-state index contributed by atoms with van der Waals surface area (Å²) in [4.78, 5) is 15.5. The molecule has 0 amide bonds. The quantitative estimate of drug-likeness (QED) is 0.875. The van der Waals surface area contributed by atoms with Crippen LogP contribution in [-0.2, 0) is 4.79 Å². The molecule has 1 aliphatic rings. The average molecular weight is 248 g/mol. The van der Waals surface area contributed by atoms with E-state index in [2.05, 4.69) is 4.98 Å². The number of aryl methyl sites for hydroxylation is 1. The highest BCUT2D eigenvalue weighted by Crippen LogP contribution is 2.36. The number of aliphatic carboxylic acids is 1. The van der Waals surface area contributed by atoms with E-state index in [1.165, 1.54) is 0 Å². The lowest BCUT2D eigenvalue weighted by Gasteiger charge is -2.11. The van der Waals surface area contributed by atoms with Crippen molar-refractivity contribution >= 4 is 17.0 Å². The monoisotopic (exact) mass is 248 g/mol. The Morgan fingerprint density at radius 1 is 1.44 bits per heavy atom. The molecule has 1 N–H and O–H groups in total. The Balaban J connectivity index is 2.25. The van der Waals surface area contributed by atoms with Crippen LogP contribution in [0.25, 0.3) is 11.0 Å². The Morgan fingerprint density at radius 2 is 2.11 bits per heavy atom. The van der Waals surface area contributed by atoms with E-state index < -0.39 is 12.0 Å². The highest BCUT2D eigenvalue weighted by atomic mass is 16.7. The summed E-state index contributed by atoms with van der Waals surface area (Å²) in [6, 6.07) is 2.88. The number of fused-ring (bicyclic) bond motifs is 2. The zero-order valence-corrected chi connectivity index (χ0v) is 10.0. The van der Waals surface area contributed by atoms with Crippen LogP contribution in [0.3, 0.4) is 0 Å². The molecular formula is C12H12N2O4. The predicted octanol–water partition coefficient (Wildman–Crippen LogP) is 1.72. The molecule has 0 saturated heterocycles. The number of hydrogen-bond donors (Lipinski definition) is 1. The number of rotatable bonds is 2. The van der Waals surface area contributed by atoms with E-state index in [0.29, 0.717) is 22.8 Å². The number of ether oxygens (including phenoxy) is 2. The molecule has 1 unspecified atom stereocenters. The van der Waals surface area contributed by atoms with Gasteiger partial charge in [0.25, 0.3) is 0 Å². The summed E-state index contributed by atoms with van der Waals surface area (Å²) in [7, 11) is 0. The number of hydrogen-bond acceptors (Lipinski definition) is 4. The molecule has 0 spiro atoms. The van der Waals surface area contributed by atoms with Crippen LogP contribution in [0.5, 0.6) is 11.5 Å². The van der Waals surface area contributed by atoms with Crippen LogP contribution in [0.2, 0.25) is 0 Å². The van der Waals surface area contributed by atoms with Crippen LogP contribution in [0.1, 0.15) is 18.8 Å². The van der Waals surface area contributed by atoms with Gasteiger partial charge in [0.15, 0.2) is 11.5 Å². The molecule has 1 aliphatic heterocycles. The first-order valence-corrected chi connectivity index (χ1v) is 5.59. The normalized spacial score (nSPS) is 15.0. The maximum absolute atomic E-state index is 11.1. The Kier molecular flexibility index (Phi) is 2.19. The molecule has 2 aromatic rings. The topological polar surface area (TPSA) is 73.6 Å². The fourth-order valence-electron chi connectivity index (χ4n) is 2.20. The number of nitrogens with zero attached hydrogens (tertiary/aromatic N) is 2. The van der Waals surface area contributed by atoms with Gasteiger partial charge in [0.1, 0.15) is 11.9 Å². The maximum atomic E-state index is 11.1. The lowest BCUT2D eigenvalue weighted by molar-refractivity contribution is -0.140. The van der Waals surface area contributed by atoms with E-state index in [1.807, 2.05) is 0 Å².